The third-order valence-corrected chi connectivity index (χ3v) is 10.1. The van der Waals surface area contributed by atoms with Gasteiger partial charge in [-0.3, -0.25) is 9.58 Å². The number of ether oxygens (including phenoxy) is 5. The van der Waals surface area contributed by atoms with Crippen molar-refractivity contribution in [2.45, 2.75) is 82.3 Å². The zero-order chi connectivity index (χ0) is 34.3. The molecule has 2 aliphatic heterocycles. The zero-order valence-electron chi connectivity index (χ0n) is 28.7. The molecule has 1 saturated carbocycles. The fourth-order valence-corrected chi connectivity index (χ4v) is 7.52. The first-order valence-corrected chi connectivity index (χ1v) is 17.9. The van der Waals surface area contributed by atoms with E-state index >= 15 is 0 Å². The first-order chi connectivity index (χ1) is 24.5. The average Bonchev–Trinajstić information content (AvgIpc) is 3.85. The fourth-order valence-electron chi connectivity index (χ4n) is 7.35. The number of aromatic nitrogens is 7. The minimum absolute atomic E-state index is 0.170. The third-order valence-electron chi connectivity index (χ3n) is 9.76. The van der Waals surface area contributed by atoms with E-state index in [1.807, 2.05) is 31.3 Å². The van der Waals surface area contributed by atoms with Crippen molar-refractivity contribution >= 4 is 23.2 Å². The standard InChI is InChI=1S/C35H46ClN9O5/c1-24(18-43-23-37-22-40-43)50-33-15-25(3-10-31(33)36)26-16-38-35(39-17-26)41-32-19-44(42-34(32)49-14-13-47-12-11-46-2)27-4-6-28(7-5-27)45-29-8-9-30(45)21-48-20-29/h3,10,15-17,19,22-24,27-30H,4-9,11-14,18,20-21H2,1-2H3,(H,38,39,41)/t24-,27?,28?,29+,30?/m0/s1. The molecule has 3 fully saturated rings. The van der Waals surface area contributed by atoms with Gasteiger partial charge in [-0.05, 0) is 63.1 Å². The molecule has 0 radical (unpaired) electrons. The van der Waals surface area contributed by atoms with Gasteiger partial charge in [0.25, 0.3) is 5.88 Å². The maximum Gasteiger partial charge on any atom is 0.257 e. The van der Waals surface area contributed by atoms with Crippen LogP contribution in [-0.4, -0.2) is 110 Å². The SMILES string of the molecule is COCCOCCOc1nn(C2CCC(N3C4CC[C@@H]3COC4)CC2)cc1Nc1ncc(-c2ccc(Cl)c(O[C@@H](C)Cn3cncn3)c2)cn1. The summed E-state index contributed by atoms with van der Waals surface area (Å²) in [4.78, 5) is 16.0. The van der Waals surface area contributed by atoms with Crippen LogP contribution in [0.25, 0.3) is 11.1 Å². The van der Waals surface area contributed by atoms with E-state index in [4.69, 9.17) is 40.4 Å². The Hall–Kier alpha value is -3.82. The molecule has 5 heterocycles. The van der Waals surface area contributed by atoms with Gasteiger partial charge in [0, 0.05) is 43.2 Å². The summed E-state index contributed by atoms with van der Waals surface area (Å²) in [6.45, 7) is 6.10. The van der Waals surface area contributed by atoms with Crippen LogP contribution in [0.5, 0.6) is 11.6 Å². The molecule has 15 heteroatoms. The smallest absolute Gasteiger partial charge is 0.257 e. The lowest BCUT2D eigenvalue weighted by Crippen LogP contribution is -2.52. The second kappa shape index (κ2) is 16.5. The number of nitrogens with zero attached hydrogens (tertiary/aromatic N) is 8. The van der Waals surface area contributed by atoms with E-state index in [2.05, 4.69) is 34.9 Å². The van der Waals surface area contributed by atoms with Crippen LogP contribution in [0.2, 0.25) is 5.02 Å². The van der Waals surface area contributed by atoms with Crippen molar-refractivity contribution in [3.63, 3.8) is 0 Å². The van der Waals surface area contributed by atoms with Crippen molar-refractivity contribution in [2.24, 2.45) is 0 Å². The van der Waals surface area contributed by atoms with Crippen molar-refractivity contribution < 1.29 is 23.7 Å². The molecule has 7 rings (SSSR count). The highest BCUT2D eigenvalue weighted by Gasteiger charge is 2.42. The number of halogens is 1. The maximum absolute atomic E-state index is 6.48. The van der Waals surface area contributed by atoms with E-state index < -0.39 is 0 Å². The van der Waals surface area contributed by atoms with Crippen LogP contribution in [0.1, 0.15) is 51.5 Å². The normalized spacial score (nSPS) is 22.8. The second-order valence-electron chi connectivity index (χ2n) is 13.2. The minimum Gasteiger partial charge on any atom is -0.487 e. The summed E-state index contributed by atoms with van der Waals surface area (Å²) < 4.78 is 32.6. The van der Waals surface area contributed by atoms with Gasteiger partial charge in [-0.15, -0.1) is 5.10 Å². The predicted molar refractivity (Wildman–Crippen MR) is 187 cm³/mol. The van der Waals surface area contributed by atoms with E-state index in [9.17, 15) is 0 Å². The van der Waals surface area contributed by atoms with Gasteiger partial charge in [0.2, 0.25) is 5.95 Å². The number of morpholine rings is 1. The van der Waals surface area contributed by atoms with E-state index in [0.29, 0.717) is 85.4 Å². The van der Waals surface area contributed by atoms with Crippen molar-refractivity contribution in [3.05, 3.63) is 54.5 Å². The van der Waals surface area contributed by atoms with Crippen molar-refractivity contribution in [1.29, 1.82) is 0 Å². The number of methoxy groups -OCH3 is 1. The molecule has 14 nitrogen and oxygen atoms in total. The maximum atomic E-state index is 6.48. The van der Waals surface area contributed by atoms with Gasteiger partial charge in [0.1, 0.15) is 36.8 Å². The molecular formula is C35H46ClN9O5. The highest BCUT2D eigenvalue weighted by Crippen LogP contribution is 2.39. The molecule has 3 aliphatic rings. The van der Waals surface area contributed by atoms with Crippen LogP contribution >= 0.6 is 11.6 Å². The molecular weight excluding hydrogens is 662 g/mol. The highest BCUT2D eigenvalue weighted by atomic mass is 35.5. The Balaban J connectivity index is 1.01. The molecule has 268 valence electrons. The van der Waals surface area contributed by atoms with Crippen molar-refractivity contribution in [1.82, 2.24) is 39.4 Å². The lowest BCUT2D eigenvalue weighted by molar-refractivity contribution is -0.0458. The summed E-state index contributed by atoms with van der Waals surface area (Å²) >= 11 is 6.48. The fraction of sp³-hybridized carbons (Fsp3) is 0.571. The molecule has 0 spiro atoms. The van der Waals surface area contributed by atoms with Crippen LogP contribution in [0, 0.1) is 0 Å². The Bertz CT molecular complexity index is 1630. The lowest BCUT2D eigenvalue weighted by Gasteiger charge is -2.43. The Morgan fingerprint density at radius 3 is 2.42 bits per heavy atom. The van der Waals surface area contributed by atoms with E-state index in [1.165, 1.54) is 19.2 Å². The van der Waals surface area contributed by atoms with E-state index in [0.717, 1.165) is 50.0 Å². The van der Waals surface area contributed by atoms with Crippen LogP contribution in [0.15, 0.2) is 49.4 Å². The molecule has 2 saturated heterocycles. The van der Waals surface area contributed by atoms with Gasteiger partial charge < -0.3 is 29.0 Å². The first-order valence-electron chi connectivity index (χ1n) is 17.6. The van der Waals surface area contributed by atoms with Crippen LogP contribution < -0.4 is 14.8 Å². The molecule has 3 aromatic heterocycles. The number of hydrogen-bond donors (Lipinski definition) is 1. The summed E-state index contributed by atoms with van der Waals surface area (Å²) in [6.07, 6.45) is 15.5. The van der Waals surface area contributed by atoms with Gasteiger partial charge >= 0.3 is 0 Å². The summed E-state index contributed by atoms with van der Waals surface area (Å²) in [6, 6.07) is 7.73. The Kier molecular flexibility index (Phi) is 11.4. The van der Waals surface area contributed by atoms with E-state index in [1.54, 1.807) is 30.5 Å². The summed E-state index contributed by atoms with van der Waals surface area (Å²) in [5, 5.41) is 12.9. The Labute approximate surface area is 297 Å². The Morgan fingerprint density at radius 1 is 0.940 bits per heavy atom. The zero-order valence-corrected chi connectivity index (χ0v) is 29.5. The third kappa shape index (κ3) is 8.37. The highest BCUT2D eigenvalue weighted by molar-refractivity contribution is 6.32. The molecule has 1 aliphatic carbocycles. The average molecular weight is 708 g/mol. The number of hydrogen-bond acceptors (Lipinski definition) is 12. The molecule has 3 atom stereocenters. The molecule has 1 unspecified atom stereocenters. The van der Waals surface area contributed by atoms with Crippen LogP contribution in [-0.2, 0) is 20.8 Å². The second-order valence-corrected chi connectivity index (χ2v) is 13.6. The Morgan fingerprint density at radius 2 is 1.68 bits per heavy atom. The van der Waals surface area contributed by atoms with Gasteiger partial charge in [0.05, 0.1) is 56.8 Å². The van der Waals surface area contributed by atoms with Gasteiger partial charge in [-0.25, -0.2) is 19.6 Å². The molecule has 2 bridgehead atoms. The van der Waals surface area contributed by atoms with E-state index in [-0.39, 0.29) is 6.10 Å². The lowest BCUT2D eigenvalue weighted by atomic mass is 9.89. The number of nitrogens with one attached hydrogen (secondary N) is 1. The minimum atomic E-state index is -0.170. The van der Waals surface area contributed by atoms with Crippen LogP contribution in [0.3, 0.4) is 0 Å². The molecule has 50 heavy (non-hydrogen) atoms. The number of anilines is 2. The van der Waals surface area contributed by atoms with Crippen molar-refractivity contribution in [3.8, 4) is 22.8 Å². The van der Waals surface area contributed by atoms with Gasteiger partial charge in [-0.1, -0.05) is 17.7 Å². The molecule has 0 amide bonds. The topological polar surface area (TPSA) is 136 Å². The number of fused-ring (bicyclic) bond motifs is 2. The summed E-state index contributed by atoms with van der Waals surface area (Å²) in [5.41, 5.74) is 2.42. The molecule has 4 aromatic rings. The van der Waals surface area contributed by atoms with Gasteiger partial charge in [-0.2, -0.15) is 5.10 Å². The van der Waals surface area contributed by atoms with Crippen molar-refractivity contribution in [2.75, 3.05) is 52.1 Å². The first kappa shape index (κ1) is 34.6. The number of benzene rings is 1. The largest absolute Gasteiger partial charge is 0.487 e. The summed E-state index contributed by atoms with van der Waals surface area (Å²) in [7, 11) is 1.66. The van der Waals surface area contributed by atoms with Crippen LogP contribution in [0.4, 0.5) is 11.6 Å². The molecule has 1 aromatic carbocycles. The predicted octanol–water partition coefficient (Wildman–Crippen LogP) is 5.18. The van der Waals surface area contributed by atoms with Gasteiger partial charge in [0.15, 0.2) is 0 Å². The monoisotopic (exact) mass is 707 g/mol. The quantitative estimate of drug-likeness (QED) is 0.154. The molecule has 1 N–H and O–H groups in total. The number of rotatable bonds is 16. The summed E-state index contributed by atoms with van der Waals surface area (Å²) in [5.74, 6) is 1.51.